The Morgan fingerprint density at radius 1 is 1.19 bits per heavy atom. The Morgan fingerprint density at radius 3 is 2.62 bits per heavy atom. The number of aromatic nitrogens is 2. The normalized spacial score (nSPS) is 11.5. The van der Waals surface area contributed by atoms with Gasteiger partial charge in [-0.2, -0.15) is 0 Å². The van der Waals surface area contributed by atoms with E-state index in [2.05, 4.69) is 40.4 Å². The summed E-state index contributed by atoms with van der Waals surface area (Å²) < 4.78 is 3.17. The Morgan fingerprint density at radius 2 is 1.95 bits per heavy atom. The molecule has 0 aliphatic heterocycles. The summed E-state index contributed by atoms with van der Waals surface area (Å²) in [6, 6.07) is 11.5. The molecule has 1 aromatic heterocycles. The minimum Gasteiger partial charge on any atom is -0.506 e. The third-order valence-electron chi connectivity index (χ3n) is 3.37. The molecule has 0 atom stereocenters. The number of aromatic hydroxyl groups is 1. The first kappa shape index (κ1) is 14.4. The van der Waals surface area contributed by atoms with E-state index in [1.54, 1.807) is 12.1 Å². The van der Waals surface area contributed by atoms with Crippen LogP contribution < -0.4 is 0 Å². The first-order chi connectivity index (χ1) is 9.97. The number of hydrogen-bond acceptors (Lipinski definition) is 2. The molecule has 21 heavy (non-hydrogen) atoms. The van der Waals surface area contributed by atoms with Gasteiger partial charge in [-0.3, -0.25) is 0 Å². The van der Waals surface area contributed by atoms with Gasteiger partial charge in [-0.05, 0) is 50.2 Å². The first-order valence-electron chi connectivity index (χ1n) is 6.63. The summed E-state index contributed by atoms with van der Waals surface area (Å²) in [7, 11) is 0. The van der Waals surface area contributed by atoms with Crippen molar-refractivity contribution in [1.82, 2.24) is 9.55 Å². The lowest BCUT2D eigenvalue weighted by Crippen LogP contribution is -2.03. The van der Waals surface area contributed by atoms with Crippen molar-refractivity contribution in [3.63, 3.8) is 0 Å². The fourth-order valence-corrected chi connectivity index (χ4v) is 2.97. The second-order valence-electron chi connectivity index (χ2n) is 5.20. The molecule has 3 rings (SSSR count). The molecular weight excluding hydrogens is 352 g/mol. The van der Waals surface area contributed by atoms with E-state index < -0.39 is 0 Å². The Hall–Kier alpha value is -1.52. The van der Waals surface area contributed by atoms with Gasteiger partial charge in [-0.1, -0.05) is 27.5 Å². The van der Waals surface area contributed by atoms with Crippen molar-refractivity contribution in [3.05, 3.63) is 45.9 Å². The van der Waals surface area contributed by atoms with Crippen LogP contribution in [0.1, 0.15) is 19.9 Å². The fraction of sp³-hybridized carbons (Fsp3) is 0.188. The molecule has 0 unspecified atom stereocenters. The molecule has 0 aliphatic rings. The van der Waals surface area contributed by atoms with E-state index in [1.165, 1.54) is 0 Å². The summed E-state index contributed by atoms with van der Waals surface area (Å²) in [4.78, 5) is 4.73. The summed E-state index contributed by atoms with van der Waals surface area (Å²) >= 11 is 9.50. The lowest BCUT2D eigenvalue weighted by atomic mass is 10.2. The van der Waals surface area contributed by atoms with Crippen LogP contribution in [0.5, 0.6) is 5.75 Å². The Kier molecular flexibility index (Phi) is 3.68. The van der Waals surface area contributed by atoms with Gasteiger partial charge in [0.25, 0.3) is 0 Å². The molecule has 0 saturated carbocycles. The SMILES string of the molecule is CC(C)n1c(-c2ccc(O)c(Cl)c2)nc2cc(Br)ccc21. The van der Waals surface area contributed by atoms with Crippen molar-refractivity contribution in [2.45, 2.75) is 19.9 Å². The molecule has 3 aromatic rings. The summed E-state index contributed by atoms with van der Waals surface area (Å²) in [5.74, 6) is 0.926. The number of phenolic OH excluding ortho intramolecular Hbond substituents is 1. The summed E-state index contributed by atoms with van der Waals surface area (Å²) in [6.07, 6.45) is 0. The number of nitrogens with zero attached hydrogens (tertiary/aromatic N) is 2. The average molecular weight is 366 g/mol. The molecule has 2 aromatic carbocycles. The number of benzene rings is 2. The fourth-order valence-electron chi connectivity index (χ4n) is 2.44. The van der Waals surface area contributed by atoms with Crippen molar-refractivity contribution < 1.29 is 5.11 Å². The molecule has 108 valence electrons. The van der Waals surface area contributed by atoms with Gasteiger partial charge < -0.3 is 9.67 Å². The second kappa shape index (κ2) is 5.35. The van der Waals surface area contributed by atoms with Crippen molar-refractivity contribution in [2.24, 2.45) is 0 Å². The maximum Gasteiger partial charge on any atom is 0.141 e. The van der Waals surface area contributed by atoms with Crippen LogP contribution in [-0.2, 0) is 0 Å². The topological polar surface area (TPSA) is 38.0 Å². The van der Waals surface area contributed by atoms with Crippen molar-refractivity contribution >= 4 is 38.6 Å². The first-order valence-corrected chi connectivity index (χ1v) is 7.81. The quantitative estimate of drug-likeness (QED) is 0.659. The van der Waals surface area contributed by atoms with Gasteiger partial charge in [0.05, 0.1) is 16.1 Å². The number of hydrogen-bond donors (Lipinski definition) is 1. The average Bonchev–Trinajstić information content (AvgIpc) is 2.80. The lowest BCUT2D eigenvalue weighted by Gasteiger charge is -2.13. The molecule has 0 radical (unpaired) electrons. The van der Waals surface area contributed by atoms with Crippen LogP contribution in [0.4, 0.5) is 0 Å². The molecule has 0 spiro atoms. The Balaban J connectivity index is 2.30. The molecule has 0 fully saturated rings. The van der Waals surface area contributed by atoms with Crippen LogP contribution in [0.2, 0.25) is 5.02 Å². The zero-order valence-electron chi connectivity index (χ0n) is 11.6. The highest BCUT2D eigenvalue weighted by molar-refractivity contribution is 9.10. The van der Waals surface area contributed by atoms with Gasteiger partial charge in [0.2, 0.25) is 0 Å². The van der Waals surface area contributed by atoms with E-state index in [0.717, 1.165) is 26.9 Å². The van der Waals surface area contributed by atoms with E-state index in [9.17, 15) is 5.11 Å². The second-order valence-corrected chi connectivity index (χ2v) is 6.52. The van der Waals surface area contributed by atoms with Crippen molar-refractivity contribution in [2.75, 3.05) is 0 Å². The van der Waals surface area contributed by atoms with Crippen LogP contribution in [0.25, 0.3) is 22.4 Å². The number of fused-ring (bicyclic) bond motifs is 1. The van der Waals surface area contributed by atoms with E-state index in [1.807, 2.05) is 18.2 Å². The standard InChI is InChI=1S/C16H14BrClN2O/c1-9(2)20-14-5-4-11(17)8-13(14)19-16(20)10-3-6-15(21)12(18)7-10/h3-9,21H,1-2H3. The highest BCUT2D eigenvalue weighted by Gasteiger charge is 2.16. The maximum atomic E-state index is 9.58. The van der Waals surface area contributed by atoms with Gasteiger partial charge in [0.15, 0.2) is 0 Å². The molecule has 0 aliphatic carbocycles. The van der Waals surface area contributed by atoms with Crippen LogP contribution in [0.3, 0.4) is 0 Å². The molecule has 0 amide bonds. The Labute approximate surface area is 136 Å². The third kappa shape index (κ3) is 2.54. The van der Waals surface area contributed by atoms with Gasteiger partial charge in [0.1, 0.15) is 11.6 Å². The minimum atomic E-state index is 0.0790. The van der Waals surface area contributed by atoms with Crippen molar-refractivity contribution in [1.29, 1.82) is 0 Å². The van der Waals surface area contributed by atoms with Crippen LogP contribution >= 0.6 is 27.5 Å². The molecule has 0 saturated heterocycles. The van der Waals surface area contributed by atoms with E-state index in [4.69, 9.17) is 16.6 Å². The van der Waals surface area contributed by atoms with Gasteiger partial charge in [-0.15, -0.1) is 0 Å². The van der Waals surface area contributed by atoms with E-state index >= 15 is 0 Å². The Bertz CT molecular complexity index is 827. The summed E-state index contributed by atoms with van der Waals surface area (Å²) in [5.41, 5.74) is 2.89. The zero-order valence-corrected chi connectivity index (χ0v) is 14.0. The number of imidazole rings is 1. The lowest BCUT2D eigenvalue weighted by molar-refractivity contribution is 0.475. The molecule has 5 heteroatoms. The van der Waals surface area contributed by atoms with E-state index in [0.29, 0.717) is 5.02 Å². The molecular formula is C16H14BrClN2O. The van der Waals surface area contributed by atoms with Gasteiger partial charge in [-0.25, -0.2) is 4.98 Å². The minimum absolute atomic E-state index is 0.0790. The highest BCUT2D eigenvalue weighted by Crippen LogP contribution is 2.33. The van der Waals surface area contributed by atoms with Crippen LogP contribution in [-0.4, -0.2) is 14.7 Å². The summed E-state index contributed by atoms with van der Waals surface area (Å²) in [6.45, 7) is 4.24. The van der Waals surface area contributed by atoms with Crippen LogP contribution in [0, 0.1) is 0 Å². The predicted molar refractivity (Wildman–Crippen MR) is 89.9 cm³/mol. The number of phenols is 1. The highest BCUT2D eigenvalue weighted by atomic mass is 79.9. The molecule has 0 bridgehead atoms. The monoisotopic (exact) mass is 364 g/mol. The molecule has 1 heterocycles. The maximum absolute atomic E-state index is 9.58. The number of halogens is 2. The van der Waals surface area contributed by atoms with Gasteiger partial charge >= 0.3 is 0 Å². The largest absolute Gasteiger partial charge is 0.506 e. The third-order valence-corrected chi connectivity index (χ3v) is 4.17. The summed E-state index contributed by atoms with van der Waals surface area (Å²) in [5, 5.41) is 9.91. The van der Waals surface area contributed by atoms with E-state index in [-0.39, 0.29) is 11.8 Å². The predicted octanol–water partition coefficient (Wildman–Crippen LogP) is 5.41. The van der Waals surface area contributed by atoms with Crippen LogP contribution in [0.15, 0.2) is 40.9 Å². The zero-order chi connectivity index (χ0) is 15.1. The smallest absolute Gasteiger partial charge is 0.141 e. The molecule has 3 nitrogen and oxygen atoms in total. The molecule has 1 N–H and O–H groups in total. The van der Waals surface area contributed by atoms with Crippen molar-refractivity contribution in [3.8, 4) is 17.1 Å². The van der Waals surface area contributed by atoms with Gasteiger partial charge in [0, 0.05) is 16.1 Å². The number of rotatable bonds is 2.